The topological polar surface area (TPSA) is 58.9 Å². The van der Waals surface area contributed by atoms with E-state index in [0.717, 1.165) is 0 Å². The van der Waals surface area contributed by atoms with Gasteiger partial charge in [-0.1, -0.05) is 0 Å². The van der Waals surface area contributed by atoms with Gasteiger partial charge < -0.3 is 4.98 Å². The van der Waals surface area contributed by atoms with E-state index in [4.69, 9.17) is 5.14 Å². The van der Waals surface area contributed by atoms with Gasteiger partial charge >= 0.3 is 0 Å². The van der Waals surface area contributed by atoms with Crippen LogP contribution >= 0.6 is 0 Å². The van der Waals surface area contributed by atoms with Crippen molar-refractivity contribution in [1.82, 2.24) is 4.98 Å². The first-order valence-corrected chi connectivity index (χ1v) is 3.31. The lowest BCUT2D eigenvalue weighted by Gasteiger charge is -1.83. The van der Waals surface area contributed by atoms with Crippen molar-refractivity contribution in [2.24, 2.45) is 5.14 Å². The summed E-state index contributed by atoms with van der Waals surface area (Å²) in [5.74, 6) is 0. The standard InChI is InChI=1S/C4H6N2OS/c5-8(7)4-2-1-3-6-4/h1-3,6H,5H2. The molecule has 0 bridgehead atoms. The molecule has 0 aliphatic rings. The Kier molecular flexibility index (Phi) is 1.45. The minimum absolute atomic E-state index is 0.560. The number of aromatic nitrogens is 1. The van der Waals surface area contributed by atoms with E-state index < -0.39 is 11.0 Å². The van der Waals surface area contributed by atoms with Crippen molar-refractivity contribution >= 4 is 11.0 Å². The van der Waals surface area contributed by atoms with Gasteiger partial charge in [0, 0.05) is 6.20 Å². The quantitative estimate of drug-likeness (QED) is 0.552. The zero-order valence-corrected chi connectivity index (χ0v) is 4.94. The lowest BCUT2D eigenvalue weighted by Crippen LogP contribution is -2.01. The van der Waals surface area contributed by atoms with E-state index in [0.29, 0.717) is 5.03 Å². The van der Waals surface area contributed by atoms with Gasteiger partial charge in [0.1, 0.15) is 16.0 Å². The first kappa shape index (κ1) is 5.53. The SMILES string of the molecule is NS(=O)c1ccc[nH]1. The summed E-state index contributed by atoms with van der Waals surface area (Å²) in [5, 5.41) is 5.56. The van der Waals surface area contributed by atoms with Gasteiger partial charge in [0.2, 0.25) is 0 Å². The maximum absolute atomic E-state index is 10.4. The second-order valence-electron chi connectivity index (χ2n) is 1.33. The number of nitrogens with one attached hydrogen (secondary N) is 1. The summed E-state index contributed by atoms with van der Waals surface area (Å²) < 4.78 is 10.4. The molecule has 1 aromatic heterocycles. The summed E-state index contributed by atoms with van der Waals surface area (Å²) in [7, 11) is -1.35. The molecular weight excluding hydrogens is 124 g/mol. The predicted octanol–water partition coefficient (Wildman–Crippen LogP) is -0.00400. The fourth-order valence-electron chi connectivity index (χ4n) is 0.439. The molecule has 0 amide bonds. The highest BCUT2D eigenvalue weighted by Crippen LogP contribution is 1.94. The lowest BCUT2D eigenvalue weighted by atomic mass is 10.7. The van der Waals surface area contributed by atoms with Crippen molar-refractivity contribution in [1.29, 1.82) is 0 Å². The summed E-state index contributed by atoms with van der Waals surface area (Å²) in [5.41, 5.74) is 0. The summed E-state index contributed by atoms with van der Waals surface area (Å²) in [6, 6.07) is 3.43. The van der Waals surface area contributed by atoms with Crippen LogP contribution in [0.15, 0.2) is 23.4 Å². The molecule has 0 fully saturated rings. The zero-order valence-electron chi connectivity index (χ0n) is 4.13. The Morgan fingerprint density at radius 3 is 2.75 bits per heavy atom. The van der Waals surface area contributed by atoms with Crippen LogP contribution in [0.25, 0.3) is 0 Å². The maximum atomic E-state index is 10.4. The van der Waals surface area contributed by atoms with Gasteiger partial charge in [-0.15, -0.1) is 0 Å². The van der Waals surface area contributed by atoms with Crippen LogP contribution in [-0.2, 0) is 11.0 Å². The third kappa shape index (κ3) is 0.962. The molecule has 1 unspecified atom stereocenters. The lowest BCUT2D eigenvalue weighted by molar-refractivity contribution is 0.682. The minimum Gasteiger partial charge on any atom is -0.353 e. The Hall–Kier alpha value is -0.610. The molecule has 0 aromatic carbocycles. The van der Waals surface area contributed by atoms with Crippen LogP contribution in [0, 0.1) is 0 Å². The highest BCUT2D eigenvalue weighted by Gasteiger charge is 1.93. The van der Waals surface area contributed by atoms with Crippen molar-refractivity contribution in [3.8, 4) is 0 Å². The van der Waals surface area contributed by atoms with Gasteiger partial charge in [0.05, 0.1) is 0 Å². The van der Waals surface area contributed by atoms with Crippen LogP contribution < -0.4 is 5.14 Å². The summed E-state index contributed by atoms with van der Waals surface area (Å²) >= 11 is 0. The molecule has 0 aliphatic carbocycles. The summed E-state index contributed by atoms with van der Waals surface area (Å²) in [6.07, 6.45) is 1.68. The van der Waals surface area contributed by atoms with Gasteiger partial charge in [0.15, 0.2) is 0 Å². The number of hydrogen-bond donors (Lipinski definition) is 2. The highest BCUT2D eigenvalue weighted by atomic mass is 32.2. The Labute approximate surface area is 49.5 Å². The molecule has 1 rings (SSSR count). The molecule has 0 radical (unpaired) electrons. The minimum atomic E-state index is -1.35. The van der Waals surface area contributed by atoms with Gasteiger partial charge in [-0.25, -0.2) is 9.35 Å². The molecule has 44 valence electrons. The highest BCUT2D eigenvalue weighted by molar-refractivity contribution is 7.82. The molecule has 0 aliphatic heterocycles. The number of aromatic amines is 1. The predicted molar refractivity (Wildman–Crippen MR) is 31.4 cm³/mol. The third-order valence-corrected chi connectivity index (χ3v) is 1.47. The van der Waals surface area contributed by atoms with Crippen LogP contribution in [0.2, 0.25) is 0 Å². The molecule has 3 nitrogen and oxygen atoms in total. The maximum Gasteiger partial charge on any atom is 0.139 e. The van der Waals surface area contributed by atoms with Gasteiger partial charge in [-0.05, 0) is 12.1 Å². The van der Waals surface area contributed by atoms with Crippen LogP contribution in [-0.4, -0.2) is 9.19 Å². The van der Waals surface area contributed by atoms with Crippen LogP contribution in [0.4, 0.5) is 0 Å². The van der Waals surface area contributed by atoms with Gasteiger partial charge in [-0.3, -0.25) is 0 Å². The largest absolute Gasteiger partial charge is 0.353 e. The molecule has 1 atom stereocenters. The van der Waals surface area contributed by atoms with Crippen molar-refractivity contribution in [2.45, 2.75) is 5.03 Å². The third-order valence-electron chi connectivity index (χ3n) is 0.786. The van der Waals surface area contributed by atoms with E-state index in [1.807, 2.05) is 0 Å². The number of rotatable bonds is 1. The number of nitrogens with two attached hydrogens (primary N) is 1. The Morgan fingerprint density at radius 2 is 2.50 bits per heavy atom. The van der Waals surface area contributed by atoms with E-state index in [1.54, 1.807) is 18.3 Å². The second kappa shape index (κ2) is 2.11. The van der Waals surface area contributed by atoms with Crippen molar-refractivity contribution in [3.05, 3.63) is 18.3 Å². The fourth-order valence-corrected chi connectivity index (χ4v) is 0.836. The van der Waals surface area contributed by atoms with Crippen molar-refractivity contribution in [2.75, 3.05) is 0 Å². The van der Waals surface area contributed by atoms with Crippen molar-refractivity contribution < 1.29 is 4.21 Å². The van der Waals surface area contributed by atoms with E-state index in [1.165, 1.54) is 0 Å². The molecule has 0 spiro atoms. The average Bonchev–Trinajstić information content (AvgIpc) is 2.12. The molecule has 0 saturated carbocycles. The first-order valence-electron chi connectivity index (χ1n) is 2.10. The Morgan fingerprint density at radius 1 is 1.75 bits per heavy atom. The molecule has 3 N–H and O–H groups in total. The number of hydrogen-bond acceptors (Lipinski definition) is 1. The molecule has 4 heteroatoms. The van der Waals surface area contributed by atoms with Crippen LogP contribution in [0.5, 0.6) is 0 Å². The first-order chi connectivity index (χ1) is 3.80. The molecule has 1 heterocycles. The van der Waals surface area contributed by atoms with E-state index >= 15 is 0 Å². The summed E-state index contributed by atoms with van der Waals surface area (Å²) in [6.45, 7) is 0. The van der Waals surface area contributed by atoms with Crippen LogP contribution in [0.1, 0.15) is 0 Å². The normalized spacial score (nSPS) is 13.6. The second-order valence-corrected chi connectivity index (χ2v) is 2.37. The smallest absolute Gasteiger partial charge is 0.139 e. The molecule has 1 aromatic rings. The monoisotopic (exact) mass is 130 g/mol. The van der Waals surface area contributed by atoms with E-state index in [-0.39, 0.29) is 0 Å². The Bertz CT molecular complexity index is 182. The molecular formula is C4H6N2OS. The molecule has 0 saturated heterocycles. The van der Waals surface area contributed by atoms with E-state index in [2.05, 4.69) is 4.98 Å². The fraction of sp³-hybridized carbons (Fsp3) is 0. The zero-order chi connectivity index (χ0) is 5.98. The van der Waals surface area contributed by atoms with E-state index in [9.17, 15) is 4.21 Å². The average molecular weight is 130 g/mol. The van der Waals surface area contributed by atoms with Gasteiger partial charge in [-0.2, -0.15) is 0 Å². The summed E-state index contributed by atoms with van der Waals surface area (Å²) in [4.78, 5) is 2.71. The molecule has 8 heavy (non-hydrogen) atoms. The Balaban J connectivity index is 2.93. The van der Waals surface area contributed by atoms with Gasteiger partial charge in [0.25, 0.3) is 0 Å². The van der Waals surface area contributed by atoms with Crippen LogP contribution in [0.3, 0.4) is 0 Å². The number of H-pyrrole nitrogens is 1. The van der Waals surface area contributed by atoms with Crippen molar-refractivity contribution in [3.63, 3.8) is 0 Å².